The Labute approximate surface area is 287 Å². The van der Waals surface area contributed by atoms with Gasteiger partial charge in [0.1, 0.15) is 0 Å². The fourth-order valence-corrected chi connectivity index (χ4v) is 10.00. The van der Waals surface area contributed by atoms with Crippen molar-refractivity contribution in [1.29, 1.82) is 0 Å². The maximum absolute atomic E-state index is 12.1. The van der Waals surface area contributed by atoms with Crippen LogP contribution in [-0.4, -0.2) is 118 Å². The molecule has 2 spiro atoms. The Morgan fingerprint density at radius 1 is 1.15 bits per heavy atom. The highest BCUT2D eigenvalue weighted by Crippen LogP contribution is 2.56. The van der Waals surface area contributed by atoms with Crippen molar-refractivity contribution in [3.8, 4) is 11.1 Å². The minimum absolute atomic E-state index is 0.0215. The molecule has 0 unspecified atom stereocenters. The van der Waals surface area contributed by atoms with Crippen molar-refractivity contribution in [3.05, 3.63) is 40.7 Å². The Hall–Kier alpha value is -2.63. The zero-order valence-electron chi connectivity index (χ0n) is 28.0. The molecule has 6 heterocycles. The third kappa shape index (κ3) is 5.04. The number of fused-ring (bicyclic) bond motifs is 1. The molecule has 0 radical (unpaired) electrons. The molecule has 1 saturated carbocycles. The van der Waals surface area contributed by atoms with Crippen LogP contribution in [0.15, 0.2) is 24.9 Å². The molecule has 1 aliphatic carbocycles. The van der Waals surface area contributed by atoms with Crippen molar-refractivity contribution < 1.29 is 9.53 Å². The number of nitrogens with one attached hydrogen (secondary N) is 1. The fraction of sp³-hybridized carbons (Fsp3) is 0.629. The van der Waals surface area contributed by atoms with Gasteiger partial charge in [-0.3, -0.25) is 24.4 Å². The van der Waals surface area contributed by atoms with Crippen LogP contribution in [0.25, 0.3) is 22.0 Å². The summed E-state index contributed by atoms with van der Waals surface area (Å²) in [5.41, 5.74) is 4.14. The number of benzene rings is 1. The summed E-state index contributed by atoms with van der Waals surface area (Å²) in [7, 11) is 2.25. The molecule has 1 amide bonds. The molecule has 252 valence electrons. The van der Waals surface area contributed by atoms with Gasteiger partial charge in [-0.1, -0.05) is 29.8 Å². The van der Waals surface area contributed by atoms with Gasteiger partial charge in [-0.2, -0.15) is 10.2 Å². The Balaban J connectivity index is 1.08. The molecule has 1 atom stereocenters. The monoisotopic (exact) mass is 680 g/mol. The van der Waals surface area contributed by atoms with Crippen LogP contribution in [0.1, 0.15) is 51.3 Å². The standard InChI is InChI=1S/C35H46Cl2N8O2/c1-6-28(46)43-17-34(18-43)13-24(14-34)45-22(2)29(30-25-15-38-39-27(25)11-26(36)31(30)37)32(40-45)44-8-7-23(12-33(44,3)4)16-42-19-35(20-42)21-47-10-9-41(35)5/h6,11,15,23-24H,1,7-10,12-14,16-21H2,2-5H3,(H,38,39)/t23-/m1/s1. The van der Waals surface area contributed by atoms with E-state index in [1.54, 1.807) is 0 Å². The van der Waals surface area contributed by atoms with Gasteiger partial charge in [-0.25, -0.2) is 0 Å². The first-order valence-corrected chi connectivity index (χ1v) is 17.8. The predicted molar refractivity (Wildman–Crippen MR) is 186 cm³/mol. The largest absolute Gasteiger partial charge is 0.378 e. The molecular weight excluding hydrogens is 635 g/mol. The first-order valence-electron chi connectivity index (χ1n) is 17.0. The lowest BCUT2D eigenvalue weighted by Gasteiger charge is -2.58. The fourth-order valence-electron chi connectivity index (χ4n) is 9.54. The number of aromatic amines is 1. The minimum Gasteiger partial charge on any atom is -0.378 e. The number of likely N-dealkylation sites (N-methyl/N-ethyl adjacent to an activating group) is 1. The van der Waals surface area contributed by atoms with Crippen molar-refractivity contribution in [3.63, 3.8) is 0 Å². The predicted octanol–water partition coefficient (Wildman–Crippen LogP) is 5.40. The second kappa shape index (κ2) is 11.2. The summed E-state index contributed by atoms with van der Waals surface area (Å²) >= 11 is 13.8. The lowest BCUT2D eigenvalue weighted by Crippen LogP contribution is -2.74. The number of amides is 1. The highest BCUT2D eigenvalue weighted by Gasteiger charge is 2.55. The van der Waals surface area contributed by atoms with E-state index in [9.17, 15) is 4.79 Å². The molecule has 5 aliphatic rings. The van der Waals surface area contributed by atoms with Crippen molar-refractivity contribution in [2.45, 2.75) is 63.6 Å². The number of halogens is 2. The maximum atomic E-state index is 12.1. The topological polar surface area (TPSA) is 85.8 Å². The molecule has 10 nitrogen and oxygen atoms in total. The average Bonchev–Trinajstić information content (AvgIpc) is 3.56. The van der Waals surface area contributed by atoms with E-state index in [4.69, 9.17) is 33.0 Å². The van der Waals surface area contributed by atoms with Gasteiger partial charge in [0.25, 0.3) is 0 Å². The number of carbonyl (C=O) groups is 1. The Morgan fingerprint density at radius 2 is 1.91 bits per heavy atom. The molecule has 1 aromatic carbocycles. The molecule has 1 N–H and O–H groups in total. The van der Waals surface area contributed by atoms with E-state index in [1.807, 2.05) is 17.2 Å². The van der Waals surface area contributed by atoms with Crippen LogP contribution in [0.2, 0.25) is 10.0 Å². The molecule has 5 fully saturated rings. The van der Waals surface area contributed by atoms with E-state index in [0.717, 1.165) is 118 Å². The van der Waals surface area contributed by atoms with Gasteiger partial charge in [0.15, 0.2) is 5.82 Å². The number of ether oxygens (including phenoxy) is 1. The van der Waals surface area contributed by atoms with Crippen LogP contribution in [0, 0.1) is 18.3 Å². The van der Waals surface area contributed by atoms with Crippen molar-refractivity contribution in [2.24, 2.45) is 11.3 Å². The van der Waals surface area contributed by atoms with Crippen LogP contribution in [0.3, 0.4) is 0 Å². The van der Waals surface area contributed by atoms with Gasteiger partial charge in [-0.05, 0) is 71.6 Å². The number of likely N-dealkylation sites (tertiary alicyclic amines) is 2. The molecule has 8 rings (SSSR count). The van der Waals surface area contributed by atoms with Crippen molar-refractivity contribution in [2.75, 3.05) is 71.0 Å². The second-order valence-corrected chi connectivity index (χ2v) is 16.5. The number of carbonyl (C=O) groups excluding carboxylic acids is 1. The molecule has 2 aromatic heterocycles. The molecule has 0 bridgehead atoms. The van der Waals surface area contributed by atoms with Crippen LogP contribution in [0.5, 0.6) is 0 Å². The minimum atomic E-state index is -0.114. The summed E-state index contributed by atoms with van der Waals surface area (Å²) in [6.07, 6.45) is 7.45. The van der Waals surface area contributed by atoms with E-state index >= 15 is 0 Å². The van der Waals surface area contributed by atoms with E-state index in [2.05, 4.69) is 64.0 Å². The van der Waals surface area contributed by atoms with E-state index < -0.39 is 0 Å². The van der Waals surface area contributed by atoms with Gasteiger partial charge in [0, 0.05) is 79.0 Å². The van der Waals surface area contributed by atoms with Crippen LogP contribution in [-0.2, 0) is 9.53 Å². The quantitative estimate of drug-likeness (QED) is 0.349. The van der Waals surface area contributed by atoms with Crippen LogP contribution < -0.4 is 4.90 Å². The highest BCUT2D eigenvalue weighted by atomic mass is 35.5. The van der Waals surface area contributed by atoms with Crippen molar-refractivity contribution >= 4 is 45.8 Å². The summed E-state index contributed by atoms with van der Waals surface area (Å²) in [5.74, 6) is 1.61. The SMILES string of the molecule is C=CC(=O)N1CC2(CC(n3nc(N4CC[C@@H](CN5CC6(COCCN6C)C5)CC4(C)C)c(-c4c(Cl)c(Cl)cc5[nH]ncc45)c3C)C2)C1. The number of hydrogen-bond donors (Lipinski definition) is 1. The number of morpholine rings is 1. The Morgan fingerprint density at radius 3 is 2.62 bits per heavy atom. The number of hydrogen-bond acceptors (Lipinski definition) is 7. The lowest BCUT2D eigenvalue weighted by atomic mass is 9.60. The maximum Gasteiger partial charge on any atom is 0.245 e. The van der Waals surface area contributed by atoms with E-state index in [1.165, 1.54) is 6.08 Å². The zero-order valence-corrected chi connectivity index (χ0v) is 29.5. The summed E-state index contributed by atoms with van der Waals surface area (Å²) in [6.45, 7) is 19.1. The smallest absolute Gasteiger partial charge is 0.245 e. The summed E-state index contributed by atoms with van der Waals surface area (Å²) in [6, 6.07) is 2.12. The molecule has 4 saturated heterocycles. The molecule has 4 aliphatic heterocycles. The number of H-pyrrole nitrogens is 1. The third-order valence-electron chi connectivity index (χ3n) is 12.1. The third-order valence-corrected chi connectivity index (χ3v) is 12.9. The summed E-state index contributed by atoms with van der Waals surface area (Å²) < 4.78 is 8.11. The van der Waals surface area contributed by atoms with Crippen LogP contribution >= 0.6 is 23.2 Å². The lowest BCUT2D eigenvalue weighted by molar-refractivity contribution is -0.149. The van der Waals surface area contributed by atoms with Gasteiger partial charge in [-0.15, -0.1) is 0 Å². The normalized spacial score (nSPS) is 25.6. The van der Waals surface area contributed by atoms with Gasteiger partial charge < -0.3 is 14.5 Å². The number of nitrogens with zero attached hydrogens (tertiary/aromatic N) is 7. The molecule has 3 aromatic rings. The first-order chi connectivity index (χ1) is 22.4. The second-order valence-electron chi connectivity index (χ2n) is 15.8. The summed E-state index contributed by atoms with van der Waals surface area (Å²) in [5, 5.41) is 14.9. The molecule has 47 heavy (non-hydrogen) atoms. The number of piperidine rings is 1. The van der Waals surface area contributed by atoms with E-state index in [0.29, 0.717) is 16.0 Å². The van der Waals surface area contributed by atoms with Crippen LogP contribution in [0.4, 0.5) is 5.82 Å². The number of rotatable bonds is 6. The highest BCUT2D eigenvalue weighted by molar-refractivity contribution is 6.45. The first kappa shape index (κ1) is 31.6. The molecule has 12 heteroatoms. The number of anilines is 1. The molecular formula is C35H46Cl2N8O2. The Kier molecular flexibility index (Phi) is 7.54. The van der Waals surface area contributed by atoms with Crippen molar-refractivity contribution in [1.82, 2.24) is 34.7 Å². The number of aromatic nitrogens is 4. The van der Waals surface area contributed by atoms with E-state index in [-0.39, 0.29) is 28.4 Å². The zero-order chi connectivity index (χ0) is 32.9. The summed E-state index contributed by atoms with van der Waals surface area (Å²) in [4.78, 5) is 21.7. The Bertz CT molecular complexity index is 1730. The van der Waals surface area contributed by atoms with Gasteiger partial charge >= 0.3 is 0 Å². The van der Waals surface area contributed by atoms with Gasteiger partial charge in [0.2, 0.25) is 5.91 Å². The average molecular weight is 682 g/mol. The van der Waals surface area contributed by atoms with Gasteiger partial charge in [0.05, 0.1) is 46.6 Å².